The van der Waals surface area contributed by atoms with E-state index in [9.17, 15) is 24.3 Å². The third kappa shape index (κ3) is 8.39. The lowest BCUT2D eigenvalue weighted by molar-refractivity contribution is -0.116. The van der Waals surface area contributed by atoms with E-state index >= 15 is 0 Å². The number of anilines is 2. The number of ether oxygens (including phenoxy) is 1. The summed E-state index contributed by atoms with van der Waals surface area (Å²) >= 11 is 0. The molecule has 0 saturated carbocycles. The first-order chi connectivity index (χ1) is 25.4. The summed E-state index contributed by atoms with van der Waals surface area (Å²) in [6.07, 6.45) is 6.53. The number of hydrogen-bond acceptors (Lipinski definition) is 8. The number of aliphatic imine (C=N–C) groups is 1. The molecule has 4 heterocycles. The summed E-state index contributed by atoms with van der Waals surface area (Å²) in [5, 5.41) is 17.6. The van der Waals surface area contributed by atoms with Crippen molar-refractivity contribution in [2.24, 2.45) is 25.0 Å². The van der Waals surface area contributed by atoms with Crippen molar-refractivity contribution in [1.82, 2.24) is 24.3 Å². The van der Waals surface area contributed by atoms with Crippen LogP contribution in [0, 0.1) is 12.8 Å². The Morgan fingerprint density at radius 3 is 2.57 bits per heavy atom. The predicted octanol–water partition coefficient (Wildman–Crippen LogP) is 4.63. The van der Waals surface area contributed by atoms with Crippen LogP contribution in [0.15, 0.2) is 72.0 Å². The number of imidazole rings is 1. The minimum atomic E-state index is -0.446. The third-order valence-corrected chi connectivity index (χ3v) is 9.25. The van der Waals surface area contributed by atoms with Crippen LogP contribution in [0.2, 0.25) is 0 Å². The van der Waals surface area contributed by atoms with Gasteiger partial charge in [-0.25, -0.2) is 4.98 Å². The van der Waals surface area contributed by atoms with Crippen molar-refractivity contribution in [3.05, 3.63) is 89.7 Å². The highest BCUT2D eigenvalue weighted by atomic mass is 16.5. The molecule has 2 atom stereocenters. The molecule has 4 N–H and O–H groups in total. The van der Waals surface area contributed by atoms with Crippen LogP contribution in [0.5, 0.6) is 5.75 Å². The van der Waals surface area contributed by atoms with Crippen LogP contribution in [0.4, 0.5) is 17.2 Å². The topological polar surface area (TPSA) is 172 Å². The second-order valence-corrected chi connectivity index (χ2v) is 13.7. The van der Waals surface area contributed by atoms with E-state index in [-0.39, 0.29) is 61.0 Å². The molecule has 1 fully saturated rings. The standard InChI is InChI=1S/C39H44N8O6/c1-23-13-29-18-40-31-16-33(25(3)14-30(31)39(52)47(29)19-23)53-12-6-7-35(49)43-34-21-46(5)36(44-34)38(51)42-28-10-8-26(9-11-28)27-15-32(45(4)20-27)37(50)41-17-24(2)22-48/h8-11,14-16,18,20-21,24,29,48H,1,6-7,12-13,17,19,22H2,2-5H3,(H,41,50)(H,42,51)(H,43,49)/t24-,29-/m0/s1. The van der Waals surface area contributed by atoms with Gasteiger partial charge >= 0.3 is 0 Å². The lowest BCUT2D eigenvalue weighted by atomic mass is 10.1. The van der Waals surface area contributed by atoms with Crippen molar-refractivity contribution in [2.75, 3.05) is 36.9 Å². The fourth-order valence-electron chi connectivity index (χ4n) is 6.28. The summed E-state index contributed by atoms with van der Waals surface area (Å²) in [6.45, 7) is 8.93. The maximum absolute atomic E-state index is 13.1. The number of aliphatic hydroxyl groups is 1. The Kier molecular flexibility index (Phi) is 10.9. The van der Waals surface area contributed by atoms with E-state index in [0.717, 1.165) is 22.3 Å². The van der Waals surface area contributed by atoms with Gasteiger partial charge in [0.25, 0.3) is 17.7 Å². The molecule has 14 nitrogen and oxygen atoms in total. The fourth-order valence-corrected chi connectivity index (χ4v) is 6.28. The normalized spacial score (nSPS) is 15.4. The van der Waals surface area contributed by atoms with E-state index in [0.29, 0.717) is 54.3 Å². The summed E-state index contributed by atoms with van der Waals surface area (Å²) < 4.78 is 9.26. The molecule has 2 aliphatic rings. The molecule has 2 aliphatic heterocycles. The molecule has 4 aromatic rings. The van der Waals surface area contributed by atoms with Gasteiger partial charge in [0.15, 0.2) is 5.82 Å². The predicted molar refractivity (Wildman–Crippen MR) is 202 cm³/mol. The molecule has 0 unspecified atom stereocenters. The zero-order chi connectivity index (χ0) is 37.8. The average molecular weight is 721 g/mol. The van der Waals surface area contributed by atoms with Crippen LogP contribution in [0.25, 0.3) is 11.1 Å². The quantitative estimate of drug-likeness (QED) is 0.115. The number of aryl methyl sites for hydroxylation is 3. The van der Waals surface area contributed by atoms with E-state index < -0.39 is 5.91 Å². The Bertz CT molecular complexity index is 2100. The molecule has 4 amide bonds. The molecule has 6 rings (SSSR count). The summed E-state index contributed by atoms with van der Waals surface area (Å²) in [5.41, 5.74) is 5.67. The smallest absolute Gasteiger partial charge is 0.291 e. The number of nitrogens with one attached hydrogen (secondary N) is 3. The summed E-state index contributed by atoms with van der Waals surface area (Å²) in [5.74, 6) is -0.0693. The number of hydrogen-bond donors (Lipinski definition) is 4. The van der Waals surface area contributed by atoms with Crippen molar-refractivity contribution >= 4 is 47.0 Å². The third-order valence-electron chi connectivity index (χ3n) is 9.25. The largest absolute Gasteiger partial charge is 0.493 e. The van der Waals surface area contributed by atoms with E-state index in [4.69, 9.17) is 4.74 Å². The number of aliphatic hydroxyl groups excluding tert-OH is 1. The summed E-state index contributed by atoms with van der Waals surface area (Å²) in [7, 11) is 3.46. The molecule has 1 saturated heterocycles. The monoisotopic (exact) mass is 720 g/mol. The number of benzene rings is 2. The Labute approximate surface area is 307 Å². The average Bonchev–Trinajstić information content (AvgIpc) is 3.81. The number of carbonyl (C=O) groups is 4. The Morgan fingerprint density at radius 2 is 1.81 bits per heavy atom. The highest BCUT2D eigenvalue weighted by Crippen LogP contribution is 2.35. The highest BCUT2D eigenvalue weighted by Gasteiger charge is 2.34. The lowest BCUT2D eigenvalue weighted by Crippen LogP contribution is -2.35. The van der Waals surface area contributed by atoms with Gasteiger partial charge in [-0.15, -0.1) is 0 Å². The van der Waals surface area contributed by atoms with Crippen LogP contribution in [-0.4, -0.2) is 86.3 Å². The van der Waals surface area contributed by atoms with E-state index in [2.05, 4.69) is 32.5 Å². The van der Waals surface area contributed by atoms with Crippen LogP contribution in [0.3, 0.4) is 0 Å². The number of rotatable bonds is 13. The van der Waals surface area contributed by atoms with E-state index in [1.165, 1.54) is 4.57 Å². The molecule has 2 aromatic carbocycles. The summed E-state index contributed by atoms with van der Waals surface area (Å²) in [6, 6.07) is 12.5. The number of amides is 4. The minimum absolute atomic E-state index is 0.00525. The van der Waals surface area contributed by atoms with Crippen LogP contribution >= 0.6 is 0 Å². The first-order valence-electron chi connectivity index (χ1n) is 17.5. The number of fused-ring (bicyclic) bond motifs is 2. The van der Waals surface area contributed by atoms with Crippen molar-refractivity contribution in [3.63, 3.8) is 0 Å². The van der Waals surface area contributed by atoms with Crippen LogP contribution < -0.4 is 20.7 Å². The molecule has 2 aromatic heterocycles. The molecule has 0 bridgehead atoms. The van der Waals surface area contributed by atoms with Gasteiger partial charge in [0.2, 0.25) is 11.7 Å². The number of carbonyl (C=O) groups excluding carboxylic acids is 4. The van der Waals surface area contributed by atoms with Gasteiger partial charge in [0.1, 0.15) is 11.4 Å². The maximum atomic E-state index is 13.1. The zero-order valence-electron chi connectivity index (χ0n) is 30.3. The van der Waals surface area contributed by atoms with Crippen molar-refractivity contribution in [3.8, 4) is 16.9 Å². The first-order valence-corrected chi connectivity index (χ1v) is 17.5. The van der Waals surface area contributed by atoms with Crippen molar-refractivity contribution < 1.29 is 29.0 Å². The van der Waals surface area contributed by atoms with Gasteiger partial charge in [-0.3, -0.25) is 24.2 Å². The summed E-state index contributed by atoms with van der Waals surface area (Å²) in [4.78, 5) is 62.3. The van der Waals surface area contributed by atoms with Crippen LogP contribution in [-0.2, 0) is 18.9 Å². The van der Waals surface area contributed by atoms with Gasteiger partial charge in [-0.1, -0.05) is 31.2 Å². The zero-order valence-corrected chi connectivity index (χ0v) is 30.3. The van der Waals surface area contributed by atoms with Crippen molar-refractivity contribution in [2.45, 2.75) is 39.2 Å². The lowest BCUT2D eigenvalue weighted by Gasteiger charge is -2.20. The Hall–Kier alpha value is -6.02. The molecule has 0 aliphatic carbocycles. The van der Waals surface area contributed by atoms with Gasteiger partial charge in [-0.05, 0) is 61.1 Å². The SMILES string of the molecule is C=C1C[C@H]2C=Nc3cc(OCCCC(=O)Nc4cn(C)c(C(=O)Nc5ccc(-c6cc(C(=O)NC[C@H](C)CO)n(C)c6)cc5)n4)c(C)cc3C(=O)N2C1. The van der Waals surface area contributed by atoms with Crippen LogP contribution in [0.1, 0.15) is 63.2 Å². The molecule has 14 heteroatoms. The number of nitrogens with zero attached hydrogens (tertiary/aromatic N) is 5. The molecule has 53 heavy (non-hydrogen) atoms. The van der Waals surface area contributed by atoms with Crippen molar-refractivity contribution in [1.29, 1.82) is 0 Å². The molecular formula is C39H44N8O6. The second kappa shape index (κ2) is 15.7. The maximum Gasteiger partial charge on any atom is 0.291 e. The minimum Gasteiger partial charge on any atom is -0.493 e. The van der Waals surface area contributed by atoms with E-state index in [1.54, 1.807) is 66.3 Å². The molecule has 276 valence electrons. The first kappa shape index (κ1) is 36.8. The fraction of sp³-hybridized carbons (Fsp3) is 0.333. The van der Waals surface area contributed by atoms with E-state index in [1.807, 2.05) is 32.2 Å². The molecule has 0 radical (unpaired) electrons. The number of aromatic nitrogens is 3. The van der Waals surface area contributed by atoms with Gasteiger partial charge in [-0.2, -0.15) is 0 Å². The van der Waals surface area contributed by atoms with Gasteiger partial charge in [0, 0.05) is 76.1 Å². The van der Waals surface area contributed by atoms with Gasteiger partial charge < -0.3 is 39.8 Å². The van der Waals surface area contributed by atoms with Gasteiger partial charge in [0.05, 0.1) is 23.9 Å². The molecule has 0 spiro atoms. The molecular weight excluding hydrogens is 676 g/mol. The second-order valence-electron chi connectivity index (χ2n) is 13.7. The Balaban J connectivity index is 0.980. The highest BCUT2D eigenvalue weighted by molar-refractivity contribution is 6.04. The Morgan fingerprint density at radius 1 is 1.04 bits per heavy atom.